The normalized spacial score (nSPS) is 13.9. The second-order valence-electron chi connectivity index (χ2n) is 31.2. The summed E-state index contributed by atoms with van der Waals surface area (Å²) >= 11 is 0. The minimum absolute atomic E-state index is 0.107. The van der Waals surface area contributed by atoms with Crippen molar-refractivity contribution in [3.63, 3.8) is 0 Å². The van der Waals surface area contributed by atoms with Crippen molar-refractivity contribution in [3.8, 4) is 0 Å². The molecule has 103 heavy (non-hydrogen) atoms. The van der Waals surface area contributed by atoms with Crippen LogP contribution in [-0.4, -0.2) is 96.7 Å². The van der Waals surface area contributed by atoms with Gasteiger partial charge in [-0.05, 0) is 37.5 Å². The molecule has 0 rings (SSSR count). The Morgan fingerprint density at radius 3 is 0.660 bits per heavy atom. The van der Waals surface area contributed by atoms with Crippen LogP contribution in [-0.2, 0) is 65.4 Å². The Kier molecular flexibility index (Phi) is 74.1. The molecule has 0 aromatic rings. The molecular weight excluding hydrogens is 1340 g/mol. The SMILES string of the molecule is CCCCCCCCCCCCCCCCCCCC(=O)OC[C@H](COP(=O)(O)OC[C@@H](O)COP(=O)(O)OC[C@@H](COC(=O)CCCCCCCCCCCCCCC)OC(=O)CCCCCCCCCCCCCC(C)C)OC(=O)CCCCCCCCCCCCCCCCCCC(C)C. The number of ether oxygens (including phenoxy) is 4. The van der Waals surface area contributed by atoms with Gasteiger partial charge in [-0.25, -0.2) is 9.13 Å². The van der Waals surface area contributed by atoms with Crippen LogP contribution < -0.4 is 0 Å². The molecule has 5 atom stereocenters. The van der Waals surface area contributed by atoms with E-state index in [0.29, 0.717) is 25.7 Å². The molecule has 0 aliphatic heterocycles. The second-order valence-corrected chi connectivity index (χ2v) is 34.1. The van der Waals surface area contributed by atoms with Crippen LogP contribution in [0.5, 0.6) is 0 Å². The van der Waals surface area contributed by atoms with Gasteiger partial charge in [-0.3, -0.25) is 37.3 Å². The quantitative estimate of drug-likeness (QED) is 0.0222. The van der Waals surface area contributed by atoms with Gasteiger partial charge < -0.3 is 33.8 Å². The molecule has 0 aliphatic carbocycles. The van der Waals surface area contributed by atoms with E-state index in [1.54, 1.807) is 0 Å². The molecule has 0 aromatic carbocycles. The first-order valence-corrected chi connectivity index (χ1v) is 46.5. The summed E-state index contributed by atoms with van der Waals surface area (Å²) in [6.07, 6.45) is 66.5. The number of carbonyl (C=O) groups is 4. The van der Waals surface area contributed by atoms with Crippen LogP contribution in [0.2, 0.25) is 0 Å². The first kappa shape index (κ1) is 101. The third-order valence-electron chi connectivity index (χ3n) is 19.7. The Morgan fingerprint density at radius 1 is 0.262 bits per heavy atom. The van der Waals surface area contributed by atoms with E-state index in [1.165, 1.54) is 263 Å². The molecule has 0 bridgehead atoms. The molecule has 0 aliphatic rings. The van der Waals surface area contributed by atoms with Gasteiger partial charge in [0.2, 0.25) is 0 Å². The number of aliphatic hydroxyl groups excluding tert-OH is 1. The lowest BCUT2D eigenvalue weighted by Gasteiger charge is -2.21. The van der Waals surface area contributed by atoms with Crippen LogP contribution in [0.3, 0.4) is 0 Å². The number of esters is 4. The van der Waals surface area contributed by atoms with Crippen LogP contribution in [0.25, 0.3) is 0 Å². The standard InChI is InChI=1S/C84H164O17P2/c1-7-9-11-13-15-17-19-21-22-23-27-31-37-43-49-55-61-67-82(87)95-72-79(100-83(88)68-62-56-50-44-38-32-28-25-24-26-30-34-40-46-52-58-64-76(3)4)74-98-102(90,91)96-70-78(85)71-97-103(92,93)99-75-80(73-94-81(86)66-60-54-48-42-36-29-20-18-16-14-12-10-8-2)101-84(89)69-63-57-51-45-39-33-35-41-47-53-59-65-77(5)6/h76-80,85H,7-75H2,1-6H3,(H,90,91)(H,92,93)/t78-,79-,80-/m1/s1. The second kappa shape index (κ2) is 75.5. The fourth-order valence-corrected chi connectivity index (χ4v) is 14.6. The molecule has 19 heteroatoms. The number of phosphoric ester groups is 2. The van der Waals surface area contributed by atoms with E-state index >= 15 is 0 Å². The lowest BCUT2D eigenvalue weighted by molar-refractivity contribution is -0.161. The summed E-state index contributed by atoms with van der Waals surface area (Å²) in [5.41, 5.74) is 0. The largest absolute Gasteiger partial charge is 0.472 e. The molecule has 0 saturated heterocycles. The maximum atomic E-state index is 13.1. The Bertz CT molecular complexity index is 1980. The van der Waals surface area contributed by atoms with Crippen LogP contribution in [0.15, 0.2) is 0 Å². The number of carbonyl (C=O) groups excluding carboxylic acids is 4. The number of phosphoric acid groups is 2. The summed E-state index contributed by atoms with van der Waals surface area (Å²) in [5, 5.41) is 10.7. The maximum Gasteiger partial charge on any atom is 0.472 e. The number of unbranched alkanes of at least 4 members (excludes halogenated alkanes) is 53. The molecule has 0 aromatic heterocycles. The predicted molar refractivity (Wildman–Crippen MR) is 423 cm³/mol. The van der Waals surface area contributed by atoms with Crippen molar-refractivity contribution in [1.29, 1.82) is 0 Å². The number of hydrogen-bond donors (Lipinski definition) is 3. The highest BCUT2D eigenvalue weighted by atomic mass is 31.2. The van der Waals surface area contributed by atoms with Crippen molar-refractivity contribution < 1.29 is 80.2 Å². The van der Waals surface area contributed by atoms with Crippen molar-refractivity contribution in [2.75, 3.05) is 39.6 Å². The Balaban J connectivity index is 5.26. The summed E-state index contributed by atoms with van der Waals surface area (Å²) in [6, 6.07) is 0. The highest BCUT2D eigenvalue weighted by Crippen LogP contribution is 2.45. The Morgan fingerprint density at radius 2 is 0.447 bits per heavy atom. The fourth-order valence-electron chi connectivity index (χ4n) is 13.1. The highest BCUT2D eigenvalue weighted by molar-refractivity contribution is 7.47. The molecule has 0 spiro atoms. The van der Waals surface area contributed by atoms with Crippen molar-refractivity contribution >= 4 is 39.5 Å². The lowest BCUT2D eigenvalue weighted by atomic mass is 10.0. The van der Waals surface area contributed by atoms with Crippen molar-refractivity contribution in [2.24, 2.45) is 11.8 Å². The molecule has 0 amide bonds. The average molecular weight is 1510 g/mol. The monoisotopic (exact) mass is 1510 g/mol. The zero-order chi connectivity index (χ0) is 75.6. The fraction of sp³-hybridized carbons (Fsp3) is 0.952. The van der Waals surface area contributed by atoms with Gasteiger partial charge in [0.15, 0.2) is 12.2 Å². The molecule has 0 fully saturated rings. The van der Waals surface area contributed by atoms with Crippen LogP contribution in [0.1, 0.15) is 446 Å². The predicted octanol–water partition coefficient (Wildman–Crippen LogP) is 25.5. The van der Waals surface area contributed by atoms with E-state index in [2.05, 4.69) is 41.5 Å². The first-order chi connectivity index (χ1) is 49.9. The minimum Gasteiger partial charge on any atom is -0.462 e. The Hall–Kier alpha value is -1.94. The van der Waals surface area contributed by atoms with Gasteiger partial charge in [0.1, 0.15) is 19.3 Å². The zero-order valence-electron chi connectivity index (χ0n) is 67.6. The molecule has 2 unspecified atom stereocenters. The van der Waals surface area contributed by atoms with Gasteiger partial charge in [-0.1, -0.05) is 395 Å². The van der Waals surface area contributed by atoms with Crippen LogP contribution in [0.4, 0.5) is 0 Å². The van der Waals surface area contributed by atoms with Gasteiger partial charge in [-0.2, -0.15) is 0 Å². The molecule has 3 N–H and O–H groups in total. The topological polar surface area (TPSA) is 237 Å². The van der Waals surface area contributed by atoms with Gasteiger partial charge >= 0.3 is 39.5 Å². The molecule has 612 valence electrons. The van der Waals surface area contributed by atoms with Crippen molar-refractivity contribution in [1.82, 2.24) is 0 Å². The molecular formula is C84H164O17P2. The first-order valence-electron chi connectivity index (χ1n) is 43.5. The number of rotatable bonds is 83. The summed E-state index contributed by atoms with van der Waals surface area (Å²) in [6.45, 7) is 9.70. The summed E-state index contributed by atoms with van der Waals surface area (Å²) < 4.78 is 68.9. The lowest BCUT2D eigenvalue weighted by Crippen LogP contribution is -2.30. The number of aliphatic hydroxyl groups is 1. The van der Waals surface area contributed by atoms with Gasteiger partial charge in [0, 0.05) is 25.7 Å². The van der Waals surface area contributed by atoms with Crippen LogP contribution in [0, 0.1) is 11.8 Å². The third-order valence-corrected chi connectivity index (χ3v) is 21.6. The van der Waals surface area contributed by atoms with Crippen LogP contribution >= 0.6 is 15.6 Å². The summed E-state index contributed by atoms with van der Waals surface area (Å²) in [7, 11) is -9.93. The molecule has 0 radical (unpaired) electrons. The van der Waals surface area contributed by atoms with Gasteiger partial charge in [0.05, 0.1) is 26.4 Å². The Labute approximate surface area is 632 Å². The van der Waals surface area contributed by atoms with E-state index < -0.39 is 97.5 Å². The summed E-state index contributed by atoms with van der Waals surface area (Å²) in [4.78, 5) is 73.2. The molecule has 0 saturated carbocycles. The van der Waals surface area contributed by atoms with Crippen molar-refractivity contribution in [2.45, 2.75) is 464 Å². The number of hydrogen-bond acceptors (Lipinski definition) is 15. The van der Waals surface area contributed by atoms with E-state index in [-0.39, 0.29) is 25.7 Å². The maximum absolute atomic E-state index is 13.1. The zero-order valence-corrected chi connectivity index (χ0v) is 69.4. The highest BCUT2D eigenvalue weighted by Gasteiger charge is 2.30. The van der Waals surface area contributed by atoms with E-state index in [9.17, 15) is 43.2 Å². The minimum atomic E-state index is -4.96. The summed E-state index contributed by atoms with van der Waals surface area (Å²) in [5.74, 6) is -0.528. The van der Waals surface area contributed by atoms with Crippen molar-refractivity contribution in [3.05, 3.63) is 0 Å². The van der Waals surface area contributed by atoms with Gasteiger partial charge in [0.25, 0.3) is 0 Å². The third kappa shape index (κ3) is 78.0. The smallest absolute Gasteiger partial charge is 0.462 e. The van der Waals surface area contributed by atoms with E-state index in [4.69, 9.17) is 37.0 Å². The molecule has 17 nitrogen and oxygen atoms in total. The van der Waals surface area contributed by atoms with E-state index in [1.807, 2.05) is 0 Å². The van der Waals surface area contributed by atoms with E-state index in [0.717, 1.165) is 102 Å². The van der Waals surface area contributed by atoms with Gasteiger partial charge in [-0.15, -0.1) is 0 Å². The molecule has 0 heterocycles. The average Bonchev–Trinajstić information content (AvgIpc) is 0.919.